The number of rotatable bonds is 9. The first kappa shape index (κ1) is 20.4. The highest BCUT2D eigenvalue weighted by Gasteiger charge is 2.23. The van der Waals surface area contributed by atoms with E-state index in [0.717, 1.165) is 12.0 Å². The van der Waals surface area contributed by atoms with Gasteiger partial charge in [-0.25, -0.2) is 0 Å². The number of nitrogens with zero attached hydrogens (tertiary/aromatic N) is 2. The van der Waals surface area contributed by atoms with Gasteiger partial charge in [0.05, 0.1) is 13.2 Å². The Morgan fingerprint density at radius 2 is 1.88 bits per heavy atom. The molecule has 2 amide bonds. The minimum Gasteiger partial charge on any atom is -0.385 e. The molecule has 0 aromatic heterocycles. The van der Waals surface area contributed by atoms with Gasteiger partial charge in [-0.15, -0.1) is 0 Å². The van der Waals surface area contributed by atoms with Crippen LogP contribution in [0.5, 0.6) is 0 Å². The van der Waals surface area contributed by atoms with Crippen molar-refractivity contribution in [2.45, 2.75) is 13.0 Å². The molecule has 0 spiro atoms. The highest BCUT2D eigenvalue weighted by Crippen LogP contribution is 2.11. The lowest BCUT2D eigenvalue weighted by Gasteiger charge is -2.34. The first-order valence-electron chi connectivity index (χ1n) is 8.99. The molecule has 0 unspecified atom stereocenters. The van der Waals surface area contributed by atoms with Crippen LogP contribution in [0.1, 0.15) is 22.3 Å². The molecule has 7 heteroatoms. The van der Waals surface area contributed by atoms with Crippen molar-refractivity contribution in [3.05, 3.63) is 35.4 Å². The van der Waals surface area contributed by atoms with E-state index in [1.54, 1.807) is 14.2 Å². The van der Waals surface area contributed by atoms with Gasteiger partial charge < -0.3 is 19.7 Å². The number of amides is 2. The second-order valence-electron chi connectivity index (χ2n) is 6.40. The monoisotopic (exact) mass is 363 g/mol. The minimum atomic E-state index is 0.0214. The van der Waals surface area contributed by atoms with Crippen LogP contribution in [0.25, 0.3) is 0 Å². The topological polar surface area (TPSA) is 71.1 Å². The average Bonchev–Trinajstić information content (AvgIpc) is 2.66. The van der Waals surface area contributed by atoms with Gasteiger partial charge in [0, 0.05) is 59.1 Å². The summed E-state index contributed by atoms with van der Waals surface area (Å²) >= 11 is 0. The summed E-state index contributed by atoms with van der Waals surface area (Å²) in [6, 6.07) is 7.54. The summed E-state index contributed by atoms with van der Waals surface area (Å²) < 4.78 is 10.1. The predicted octanol–water partition coefficient (Wildman–Crippen LogP) is 0.744. The second kappa shape index (κ2) is 10.9. The SMILES string of the molecule is COCCCNC(=O)CN1CCN(C(=O)c2cccc(COC)c2)CC1. The summed E-state index contributed by atoms with van der Waals surface area (Å²) in [6.45, 7) is 4.81. The first-order valence-corrected chi connectivity index (χ1v) is 8.99. The van der Waals surface area contributed by atoms with Crippen molar-refractivity contribution in [3.8, 4) is 0 Å². The van der Waals surface area contributed by atoms with Gasteiger partial charge in [0.15, 0.2) is 0 Å². The maximum atomic E-state index is 12.7. The fourth-order valence-electron chi connectivity index (χ4n) is 2.96. The summed E-state index contributed by atoms with van der Waals surface area (Å²) in [5.41, 5.74) is 1.67. The zero-order valence-corrected chi connectivity index (χ0v) is 15.7. The van der Waals surface area contributed by atoms with Crippen molar-refractivity contribution < 1.29 is 19.1 Å². The van der Waals surface area contributed by atoms with E-state index >= 15 is 0 Å². The van der Waals surface area contributed by atoms with Crippen molar-refractivity contribution in [2.75, 3.05) is 60.1 Å². The fourth-order valence-corrected chi connectivity index (χ4v) is 2.96. The van der Waals surface area contributed by atoms with Crippen LogP contribution in [-0.4, -0.2) is 81.7 Å². The van der Waals surface area contributed by atoms with Gasteiger partial charge in [0.1, 0.15) is 0 Å². The van der Waals surface area contributed by atoms with Gasteiger partial charge in [0.2, 0.25) is 5.91 Å². The van der Waals surface area contributed by atoms with E-state index in [1.165, 1.54) is 0 Å². The molecule has 0 atom stereocenters. The van der Waals surface area contributed by atoms with Crippen LogP contribution in [0.4, 0.5) is 0 Å². The molecular formula is C19H29N3O4. The summed E-state index contributed by atoms with van der Waals surface area (Å²) in [4.78, 5) is 28.5. The van der Waals surface area contributed by atoms with E-state index in [-0.39, 0.29) is 11.8 Å². The smallest absolute Gasteiger partial charge is 0.253 e. The number of nitrogens with one attached hydrogen (secondary N) is 1. The highest BCUT2D eigenvalue weighted by molar-refractivity contribution is 5.94. The largest absolute Gasteiger partial charge is 0.385 e. The molecule has 144 valence electrons. The summed E-state index contributed by atoms with van der Waals surface area (Å²) in [7, 11) is 3.29. The van der Waals surface area contributed by atoms with Crippen LogP contribution in [0.3, 0.4) is 0 Å². The van der Waals surface area contributed by atoms with Crippen LogP contribution >= 0.6 is 0 Å². The van der Waals surface area contributed by atoms with Gasteiger partial charge in [-0.1, -0.05) is 12.1 Å². The van der Waals surface area contributed by atoms with E-state index < -0.39 is 0 Å². The van der Waals surface area contributed by atoms with E-state index in [1.807, 2.05) is 29.2 Å². The molecule has 1 heterocycles. The Morgan fingerprint density at radius 1 is 1.12 bits per heavy atom. The van der Waals surface area contributed by atoms with E-state index in [2.05, 4.69) is 10.2 Å². The molecule has 1 saturated heterocycles. The van der Waals surface area contributed by atoms with E-state index in [9.17, 15) is 9.59 Å². The van der Waals surface area contributed by atoms with Crippen LogP contribution in [0, 0.1) is 0 Å². The Balaban J connectivity index is 1.76. The van der Waals surface area contributed by atoms with Gasteiger partial charge in [-0.2, -0.15) is 0 Å². The molecule has 0 saturated carbocycles. The number of hydrogen-bond acceptors (Lipinski definition) is 5. The van der Waals surface area contributed by atoms with Crippen molar-refractivity contribution in [1.29, 1.82) is 0 Å². The lowest BCUT2D eigenvalue weighted by atomic mass is 10.1. The van der Waals surface area contributed by atoms with Gasteiger partial charge in [0.25, 0.3) is 5.91 Å². The molecule has 1 aromatic rings. The Hall–Kier alpha value is -1.96. The number of benzene rings is 1. The van der Waals surface area contributed by atoms with Crippen molar-refractivity contribution in [1.82, 2.24) is 15.1 Å². The number of carbonyl (C=O) groups is 2. The van der Waals surface area contributed by atoms with E-state index in [0.29, 0.717) is 58.0 Å². The molecule has 7 nitrogen and oxygen atoms in total. The number of hydrogen-bond donors (Lipinski definition) is 1. The van der Waals surface area contributed by atoms with Gasteiger partial charge in [-0.3, -0.25) is 14.5 Å². The standard InChI is InChI=1S/C19H29N3O4/c1-25-12-4-7-20-18(23)14-21-8-10-22(11-9-21)19(24)17-6-3-5-16(13-17)15-26-2/h3,5-6,13H,4,7-12,14-15H2,1-2H3,(H,20,23). The lowest BCUT2D eigenvalue weighted by Crippen LogP contribution is -2.51. The third-order valence-corrected chi connectivity index (χ3v) is 4.36. The van der Waals surface area contributed by atoms with Crippen LogP contribution in [-0.2, 0) is 20.9 Å². The molecule has 1 aliphatic heterocycles. The summed E-state index contributed by atoms with van der Waals surface area (Å²) in [6.07, 6.45) is 0.812. The lowest BCUT2D eigenvalue weighted by molar-refractivity contribution is -0.122. The Kier molecular flexibility index (Phi) is 8.53. The first-order chi connectivity index (χ1) is 12.6. The van der Waals surface area contributed by atoms with Crippen molar-refractivity contribution >= 4 is 11.8 Å². The van der Waals surface area contributed by atoms with Crippen molar-refractivity contribution in [2.24, 2.45) is 0 Å². The molecule has 1 aromatic carbocycles. The molecule has 0 aliphatic carbocycles. The normalized spacial score (nSPS) is 15.1. The molecule has 1 N–H and O–H groups in total. The highest BCUT2D eigenvalue weighted by atomic mass is 16.5. The Morgan fingerprint density at radius 3 is 2.58 bits per heavy atom. The third-order valence-electron chi connectivity index (χ3n) is 4.36. The molecule has 0 radical (unpaired) electrons. The quantitative estimate of drug-likeness (QED) is 0.656. The second-order valence-corrected chi connectivity index (χ2v) is 6.40. The molecule has 1 aliphatic rings. The number of methoxy groups -OCH3 is 2. The average molecular weight is 363 g/mol. The number of ether oxygens (including phenoxy) is 2. The molecule has 2 rings (SSSR count). The predicted molar refractivity (Wildman–Crippen MR) is 99.0 cm³/mol. The molecule has 1 fully saturated rings. The Bertz CT molecular complexity index is 586. The van der Waals surface area contributed by atoms with Crippen LogP contribution < -0.4 is 5.32 Å². The van der Waals surface area contributed by atoms with Gasteiger partial charge >= 0.3 is 0 Å². The summed E-state index contributed by atoms with van der Waals surface area (Å²) in [5, 5.41) is 2.89. The number of carbonyl (C=O) groups excluding carboxylic acids is 2. The number of piperazine rings is 1. The molecular weight excluding hydrogens is 334 g/mol. The fraction of sp³-hybridized carbons (Fsp3) is 0.579. The van der Waals surface area contributed by atoms with Gasteiger partial charge in [-0.05, 0) is 24.1 Å². The zero-order chi connectivity index (χ0) is 18.8. The van der Waals surface area contributed by atoms with Crippen LogP contribution in [0.15, 0.2) is 24.3 Å². The third kappa shape index (κ3) is 6.40. The maximum Gasteiger partial charge on any atom is 0.253 e. The maximum absolute atomic E-state index is 12.7. The minimum absolute atomic E-state index is 0.0214. The Labute approximate surface area is 155 Å². The molecule has 26 heavy (non-hydrogen) atoms. The zero-order valence-electron chi connectivity index (χ0n) is 15.7. The molecule has 0 bridgehead atoms. The van der Waals surface area contributed by atoms with Crippen LogP contribution in [0.2, 0.25) is 0 Å². The van der Waals surface area contributed by atoms with E-state index in [4.69, 9.17) is 9.47 Å². The van der Waals surface area contributed by atoms with Crippen molar-refractivity contribution in [3.63, 3.8) is 0 Å². The summed E-state index contributed by atoms with van der Waals surface area (Å²) in [5.74, 6) is 0.0553.